The van der Waals surface area contributed by atoms with Gasteiger partial charge < -0.3 is 9.32 Å². The Hall–Kier alpha value is -1.61. The Morgan fingerprint density at radius 3 is 2.62 bits per heavy atom. The minimum Gasteiger partial charge on any atom is -0.441 e. The first-order valence-electron chi connectivity index (χ1n) is 8.14. The molecule has 0 amide bonds. The summed E-state index contributed by atoms with van der Waals surface area (Å²) in [6.45, 7) is 3.81. The van der Waals surface area contributed by atoms with Crippen LogP contribution in [0.1, 0.15) is 38.0 Å². The molecule has 1 aliphatic rings. The van der Waals surface area contributed by atoms with Crippen LogP contribution in [0.3, 0.4) is 0 Å². The normalized spacial score (nSPS) is 16.2. The summed E-state index contributed by atoms with van der Waals surface area (Å²) in [5.74, 6) is 1.74. The van der Waals surface area contributed by atoms with Crippen molar-refractivity contribution >= 4 is 0 Å². The van der Waals surface area contributed by atoms with Crippen LogP contribution >= 0.6 is 0 Å². The number of rotatable bonds is 6. The maximum Gasteiger partial charge on any atom is 0.194 e. The third kappa shape index (κ3) is 4.18. The molecule has 1 aliphatic heterocycles. The van der Waals surface area contributed by atoms with Gasteiger partial charge in [0.15, 0.2) is 11.7 Å². The highest BCUT2D eigenvalue weighted by atomic mass is 16.4. The highest BCUT2D eigenvalue weighted by molar-refractivity contribution is 5.55. The van der Waals surface area contributed by atoms with Gasteiger partial charge in [0.05, 0.1) is 6.20 Å². The van der Waals surface area contributed by atoms with Gasteiger partial charge in [-0.15, -0.1) is 0 Å². The fourth-order valence-corrected chi connectivity index (χ4v) is 2.96. The van der Waals surface area contributed by atoms with E-state index in [9.17, 15) is 0 Å². The van der Waals surface area contributed by atoms with E-state index in [-0.39, 0.29) is 0 Å². The van der Waals surface area contributed by atoms with Crippen molar-refractivity contribution in [2.45, 2.75) is 38.5 Å². The Labute approximate surface area is 127 Å². The largest absolute Gasteiger partial charge is 0.441 e. The quantitative estimate of drug-likeness (QED) is 0.746. The van der Waals surface area contributed by atoms with E-state index in [1.807, 2.05) is 24.4 Å². The number of likely N-dealkylation sites (tertiary alicyclic amines) is 1. The van der Waals surface area contributed by atoms with E-state index in [4.69, 9.17) is 4.42 Å². The summed E-state index contributed by atoms with van der Waals surface area (Å²) in [6, 6.07) is 10.2. The predicted molar refractivity (Wildman–Crippen MR) is 85.2 cm³/mol. The molecule has 3 rings (SSSR count). The van der Waals surface area contributed by atoms with Gasteiger partial charge in [0, 0.05) is 12.0 Å². The van der Waals surface area contributed by atoms with Crippen LogP contribution in [-0.4, -0.2) is 29.5 Å². The molecule has 2 aromatic rings. The maximum atomic E-state index is 5.84. The molecular formula is C18H24N2O. The van der Waals surface area contributed by atoms with Crippen molar-refractivity contribution in [3.8, 4) is 11.3 Å². The number of aromatic nitrogens is 1. The number of aryl methyl sites for hydroxylation is 1. The molecule has 3 nitrogen and oxygen atoms in total. The number of benzene rings is 1. The summed E-state index contributed by atoms with van der Waals surface area (Å²) in [6.07, 6.45) is 9.35. The molecule has 21 heavy (non-hydrogen) atoms. The molecule has 0 bridgehead atoms. The summed E-state index contributed by atoms with van der Waals surface area (Å²) in [5.41, 5.74) is 1.10. The lowest BCUT2D eigenvalue weighted by atomic mass is 10.1. The third-order valence-corrected chi connectivity index (χ3v) is 4.18. The van der Waals surface area contributed by atoms with Gasteiger partial charge in [-0.3, -0.25) is 0 Å². The van der Waals surface area contributed by atoms with E-state index < -0.39 is 0 Å². The van der Waals surface area contributed by atoms with Gasteiger partial charge in [0.25, 0.3) is 0 Å². The molecule has 2 heterocycles. The molecule has 0 atom stereocenters. The summed E-state index contributed by atoms with van der Waals surface area (Å²) in [7, 11) is 0. The van der Waals surface area contributed by atoms with Crippen molar-refractivity contribution in [1.82, 2.24) is 9.88 Å². The highest BCUT2D eigenvalue weighted by Gasteiger charge is 2.10. The van der Waals surface area contributed by atoms with Gasteiger partial charge in [-0.1, -0.05) is 36.8 Å². The first kappa shape index (κ1) is 14.3. The molecule has 0 saturated carbocycles. The van der Waals surface area contributed by atoms with Gasteiger partial charge in [-0.2, -0.15) is 0 Å². The van der Waals surface area contributed by atoms with Crippen LogP contribution in [-0.2, 0) is 6.42 Å². The van der Waals surface area contributed by atoms with E-state index in [0.717, 1.165) is 30.1 Å². The number of hydrogen-bond donors (Lipinski definition) is 0. The molecule has 0 N–H and O–H groups in total. The second kappa shape index (κ2) is 7.41. The van der Waals surface area contributed by atoms with Crippen LogP contribution in [0.15, 0.2) is 40.9 Å². The minimum absolute atomic E-state index is 0.868. The van der Waals surface area contributed by atoms with Crippen LogP contribution in [0.4, 0.5) is 0 Å². The number of piperidine rings is 1. The second-order valence-electron chi connectivity index (χ2n) is 5.84. The van der Waals surface area contributed by atoms with Crippen molar-refractivity contribution in [2.24, 2.45) is 0 Å². The van der Waals surface area contributed by atoms with E-state index in [2.05, 4.69) is 22.0 Å². The standard InChI is InChI=1S/C18H24N2O/c1-3-9-16(10-4-1)17-15-19-18(21-17)11-5-8-14-20-12-6-2-7-13-20/h1,3-4,9-10,15H,2,5-8,11-14H2. The molecule has 1 saturated heterocycles. The lowest BCUT2D eigenvalue weighted by Gasteiger charge is -2.26. The number of nitrogens with zero attached hydrogens (tertiary/aromatic N) is 2. The average molecular weight is 284 g/mol. The first-order valence-corrected chi connectivity index (χ1v) is 8.14. The smallest absolute Gasteiger partial charge is 0.194 e. The molecule has 3 heteroatoms. The Morgan fingerprint density at radius 1 is 1.00 bits per heavy atom. The molecule has 1 aromatic heterocycles. The van der Waals surface area contributed by atoms with E-state index in [1.165, 1.54) is 45.3 Å². The van der Waals surface area contributed by atoms with Crippen molar-refractivity contribution < 1.29 is 4.42 Å². The van der Waals surface area contributed by atoms with Crippen molar-refractivity contribution in [3.05, 3.63) is 42.4 Å². The average Bonchev–Trinajstić information content (AvgIpc) is 3.02. The monoisotopic (exact) mass is 284 g/mol. The zero-order valence-corrected chi connectivity index (χ0v) is 12.6. The van der Waals surface area contributed by atoms with Crippen LogP contribution in [0, 0.1) is 0 Å². The SMILES string of the molecule is c1ccc(-c2cnc(CCCCN3CCCCC3)o2)cc1. The van der Waals surface area contributed by atoms with Crippen LogP contribution in [0.5, 0.6) is 0 Å². The Bertz CT molecular complexity index is 529. The Morgan fingerprint density at radius 2 is 1.81 bits per heavy atom. The summed E-state index contributed by atoms with van der Waals surface area (Å²) in [5, 5.41) is 0. The zero-order chi connectivity index (χ0) is 14.3. The second-order valence-corrected chi connectivity index (χ2v) is 5.84. The lowest BCUT2D eigenvalue weighted by Crippen LogP contribution is -2.30. The number of unbranched alkanes of at least 4 members (excludes halogenated alkanes) is 1. The summed E-state index contributed by atoms with van der Waals surface area (Å²) in [4.78, 5) is 6.99. The number of oxazole rings is 1. The van der Waals surface area contributed by atoms with Gasteiger partial charge in [-0.05, 0) is 45.3 Å². The van der Waals surface area contributed by atoms with E-state index in [1.54, 1.807) is 0 Å². The van der Waals surface area contributed by atoms with E-state index in [0.29, 0.717) is 0 Å². The van der Waals surface area contributed by atoms with Crippen molar-refractivity contribution in [3.63, 3.8) is 0 Å². The molecule has 112 valence electrons. The van der Waals surface area contributed by atoms with Crippen molar-refractivity contribution in [1.29, 1.82) is 0 Å². The highest BCUT2D eigenvalue weighted by Crippen LogP contribution is 2.20. The summed E-state index contributed by atoms with van der Waals surface area (Å²) >= 11 is 0. The molecular weight excluding hydrogens is 260 g/mol. The molecule has 1 aromatic carbocycles. The van der Waals surface area contributed by atoms with Gasteiger partial charge >= 0.3 is 0 Å². The Balaban J connectivity index is 1.42. The topological polar surface area (TPSA) is 29.3 Å². The van der Waals surface area contributed by atoms with Crippen LogP contribution in [0.25, 0.3) is 11.3 Å². The van der Waals surface area contributed by atoms with Gasteiger partial charge in [-0.25, -0.2) is 4.98 Å². The summed E-state index contributed by atoms with van der Waals surface area (Å²) < 4.78 is 5.84. The lowest BCUT2D eigenvalue weighted by molar-refractivity contribution is 0.224. The molecule has 0 spiro atoms. The van der Waals surface area contributed by atoms with Gasteiger partial charge in [0.1, 0.15) is 0 Å². The molecule has 0 aliphatic carbocycles. The predicted octanol–water partition coefficient (Wildman–Crippen LogP) is 4.15. The fraction of sp³-hybridized carbons (Fsp3) is 0.500. The van der Waals surface area contributed by atoms with Crippen LogP contribution in [0.2, 0.25) is 0 Å². The first-order chi connectivity index (χ1) is 10.4. The fourth-order valence-electron chi connectivity index (χ4n) is 2.96. The zero-order valence-electron chi connectivity index (χ0n) is 12.6. The van der Waals surface area contributed by atoms with Crippen molar-refractivity contribution in [2.75, 3.05) is 19.6 Å². The molecule has 0 unspecified atom stereocenters. The third-order valence-electron chi connectivity index (χ3n) is 4.18. The molecule has 0 radical (unpaired) electrons. The maximum absolute atomic E-state index is 5.84. The van der Waals surface area contributed by atoms with Gasteiger partial charge in [0.2, 0.25) is 0 Å². The molecule has 1 fully saturated rings. The minimum atomic E-state index is 0.868. The van der Waals surface area contributed by atoms with E-state index >= 15 is 0 Å². The van der Waals surface area contributed by atoms with Crippen LogP contribution < -0.4 is 0 Å². The Kier molecular flexibility index (Phi) is 5.06. The number of hydrogen-bond acceptors (Lipinski definition) is 3.